The normalized spacial score (nSPS) is 12.0. The minimum Gasteiger partial charge on any atom is -0.311 e. The number of benzene rings is 9. The number of hydrogen-bond acceptors (Lipinski definition) is 3. The smallest absolute Gasteiger partial charge is 0.0462 e. The van der Waals surface area contributed by atoms with Gasteiger partial charge in [0, 0.05) is 51.2 Å². The van der Waals surface area contributed by atoms with Gasteiger partial charge in [-0.15, -0.1) is 0 Å². The highest BCUT2D eigenvalue weighted by molar-refractivity contribution is 5.83. The first-order valence-corrected chi connectivity index (χ1v) is 21.7. The first-order chi connectivity index (χ1) is 31.2. The van der Waals surface area contributed by atoms with E-state index in [2.05, 4.69) is 276 Å². The minimum atomic E-state index is 1.05. The van der Waals surface area contributed by atoms with E-state index in [0.29, 0.717) is 0 Å². The Morgan fingerprint density at radius 3 is 0.778 bits per heavy atom. The van der Waals surface area contributed by atoms with Crippen LogP contribution in [0.4, 0.5) is 45.5 Å². The lowest BCUT2D eigenvalue weighted by atomic mass is 10.0. The van der Waals surface area contributed by atoms with E-state index in [-0.39, 0.29) is 0 Å². The molecule has 9 aromatic carbocycles. The molecule has 0 N–H and O–H groups in total. The van der Waals surface area contributed by atoms with Gasteiger partial charge in [-0.1, -0.05) is 158 Å². The number of allylic oxidation sites excluding steroid dienone is 3. The summed E-state index contributed by atoms with van der Waals surface area (Å²) in [5, 5.41) is 0. The number of hydrogen-bond donors (Lipinski definition) is 0. The molecule has 0 aromatic heterocycles. The van der Waals surface area contributed by atoms with Crippen molar-refractivity contribution in [2.45, 2.75) is 12.8 Å². The molecule has 0 saturated carbocycles. The summed E-state index contributed by atoms with van der Waals surface area (Å²) in [5.74, 6) is 0. The van der Waals surface area contributed by atoms with Crippen molar-refractivity contribution >= 4 is 45.5 Å². The molecule has 1 aliphatic rings. The van der Waals surface area contributed by atoms with Crippen LogP contribution in [0.2, 0.25) is 0 Å². The third kappa shape index (κ3) is 8.59. The largest absolute Gasteiger partial charge is 0.311 e. The summed E-state index contributed by atoms with van der Waals surface area (Å²) < 4.78 is 0. The van der Waals surface area contributed by atoms with E-state index in [9.17, 15) is 0 Å². The molecule has 0 bridgehead atoms. The molecule has 9 aromatic rings. The van der Waals surface area contributed by atoms with Gasteiger partial charge < -0.3 is 14.7 Å². The van der Waals surface area contributed by atoms with Gasteiger partial charge in [-0.05, 0) is 149 Å². The van der Waals surface area contributed by atoms with E-state index in [1.807, 2.05) is 0 Å². The molecule has 0 spiro atoms. The Labute approximate surface area is 371 Å². The molecule has 302 valence electrons. The fraction of sp³-hybridized carbons (Fsp3) is 0.0333. The van der Waals surface area contributed by atoms with Gasteiger partial charge in [0.1, 0.15) is 0 Å². The van der Waals surface area contributed by atoms with E-state index >= 15 is 0 Å². The quantitative estimate of drug-likeness (QED) is 0.122. The van der Waals surface area contributed by atoms with Crippen LogP contribution < -0.4 is 14.7 Å². The molecule has 3 nitrogen and oxygen atoms in total. The Bertz CT molecular complexity index is 2890. The minimum absolute atomic E-state index is 1.05. The molecule has 0 amide bonds. The molecule has 0 atom stereocenters. The number of anilines is 8. The standard InChI is InChI=1S/C60H47N3/c1-6-16-46(17-7-1)47-26-36-58(37-27-47)63(59-42-32-50(33-43-59)48-28-38-56(39-29-48)61(52-18-8-2-9-19-52)53-20-10-3-11-21-53)60-44-34-51(35-45-60)49-30-40-57(41-31-49)62(54-22-12-4-13-23-54)55-24-14-5-15-25-55/h1-4,6-14,16-45H,5,15H2. The molecule has 0 unspecified atom stereocenters. The highest BCUT2D eigenvalue weighted by Crippen LogP contribution is 2.40. The predicted octanol–water partition coefficient (Wildman–Crippen LogP) is 17.0. The molecule has 0 aliphatic heterocycles. The molecule has 0 saturated heterocycles. The van der Waals surface area contributed by atoms with Gasteiger partial charge in [-0.3, -0.25) is 0 Å². The van der Waals surface area contributed by atoms with Crippen molar-refractivity contribution in [1.82, 2.24) is 0 Å². The maximum atomic E-state index is 2.34. The number of nitrogens with zero attached hydrogens (tertiary/aromatic N) is 3. The van der Waals surface area contributed by atoms with Crippen molar-refractivity contribution in [1.29, 1.82) is 0 Å². The Morgan fingerprint density at radius 1 is 0.222 bits per heavy atom. The zero-order chi connectivity index (χ0) is 42.2. The van der Waals surface area contributed by atoms with Gasteiger partial charge in [0.25, 0.3) is 0 Å². The molecule has 0 heterocycles. The van der Waals surface area contributed by atoms with Crippen LogP contribution in [0.25, 0.3) is 33.4 Å². The van der Waals surface area contributed by atoms with Gasteiger partial charge in [-0.25, -0.2) is 0 Å². The van der Waals surface area contributed by atoms with E-state index in [1.165, 1.54) is 33.5 Å². The average Bonchev–Trinajstić information content (AvgIpc) is 3.37. The van der Waals surface area contributed by atoms with Crippen molar-refractivity contribution in [2.75, 3.05) is 14.7 Å². The third-order valence-corrected chi connectivity index (χ3v) is 11.7. The second-order valence-electron chi connectivity index (χ2n) is 15.7. The first-order valence-electron chi connectivity index (χ1n) is 21.7. The van der Waals surface area contributed by atoms with Crippen LogP contribution in [0.15, 0.2) is 267 Å². The first kappa shape index (κ1) is 39.0. The Hall–Kier alpha value is -8.14. The summed E-state index contributed by atoms with van der Waals surface area (Å²) in [6.07, 6.45) is 8.97. The number of para-hydroxylation sites is 3. The van der Waals surface area contributed by atoms with Gasteiger partial charge >= 0.3 is 0 Å². The lowest BCUT2D eigenvalue weighted by Crippen LogP contribution is -2.16. The van der Waals surface area contributed by atoms with E-state index in [0.717, 1.165) is 63.9 Å². The van der Waals surface area contributed by atoms with Crippen LogP contribution >= 0.6 is 0 Å². The van der Waals surface area contributed by atoms with Crippen molar-refractivity contribution in [3.63, 3.8) is 0 Å². The second kappa shape index (κ2) is 18.2. The SMILES string of the molecule is C1=CC(N(c2ccccc2)c2ccc(-c3ccc(N(c4ccc(-c5ccccc5)cc4)c4ccc(-c5ccc(N(c6ccccc6)c6ccccc6)cc5)cc4)cc3)cc2)=CCC1. The average molecular weight is 810 g/mol. The van der Waals surface area contributed by atoms with Gasteiger partial charge in [-0.2, -0.15) is 0 Å². The van der Waals surface area contributed by atoms with Crippen LogP contribution in [0, 0.1) is 0 Å². The van der Waals surface area contributed by atoms with Crippen LogP contribution in [0.1, 0.15) is 12.8 Å². The summed E-state index contributed by atoms with van der Waals surface area (Å²) in [6, 6.07) is 86.8. The van der Waals surface area contributed by atoms with Crippen LogP contribution in [0.3, 0.4) is 0 Å². The van der Waals surface area contributed by atoms with Gasteiger partial charge in [0.2, 0.25) is 0 Å². The molecule has 0 fully saturated rings. The van der Waals surface area contributed by atoms with Crippen LogP contribution in [-0.4, -0.2) is 0 Å². The molecule has 63 heavy (non-hydrogen) atoms. The summed E-state index contributed by atoms with van der Waals surface area (Å²) >= 11 is 0. The maximum absolute atomic E-state index is 2.34. The lowest BCUT2D eigenvalue weighted by molar-refractivity contribution is 0.997. The molecule has 1 aliphatic carbocycles. The molecular formula is C60H47N3. The third-order valence-electron chi connectivity index (χ3n) is 11.7. The van der Waals surface area contributed by atoms with Crippen molar-refractivity contribution in [3.8, 4) is 33.4 Å². The van der Waals surface area contributed by atoms with E-state index < -0.39 is 0 Å². The Morgan fingerprint density at radius 2 is 0.476 bits per heavy atom. The highest BCUT2D eigenvalue weighted by atomic mass is 15.2. The summed E-state index contributed by atoms with van der Waals surface area (Å²) in [6.45, 7) is 0. The topological polar surface area (TPSA) is 9.72 Å². The van der Waals surface area contributed by atoms with Crippen molar-refractivity contribution < 1.29 is 0 Å². The summed E-state index contributed by atoms with van der Waals surface area (Å²) in [7, 11) is 0. The van der Waals surface area contributed by atoms with Crippen LogP contribution in [-0.2, 0) is 0 Å². The van der Waals surface area contributed by atoms with E-state index in [1.54, 1.807) is 0 Å². The van der Waals surface area contributed by atoms with Crippen molar-refractivity contribution in [3.05, 3.63) is 267 Å². The molecule has 10 rings (SSSR count). The summed E-state index contributed by atoms with van der Waals surface area (Å²) in [4.78, 5) is 6.98. The zero-order valence-corrected chi connectivity index (χ0v) is 35.1. The fourth-order valence-electron chi connectivity index (χ4n) is 8.48. The van der Waals surface area contributed by atoms with Crippen LogP contribution in [0.5, 0.6) is 0 Å². The van der Waals surface area contributed by atoms with Gasteiger partial charge in [0.15, 0.2) is 0 Å². The monoisotopic (exact) mass is 809 g/mol. The van der Waals surface area contributed by atoms with E-state index in [4.69, 9.17) is 0 Å². The van der Waals surface area contributed by atoms with Crippen molar-refractivity contribution in [2.24, 2.45) is 0 Å². The summed E-state index contributed by atoms with van der Waals surface area (Å²) in [5.41, 5.74) is 17.2. The second-order valence-corrected chi connectivity index (χ2v) is 15.7. The Balaban J connectivity index is 0.943. The van der Waals surface area contributed by atoms with Gasteiger partial charge in [0.05, 0.1) is 0 Å². The molecule has 0 radical (unpaired) electrons. The Kier molecular flexibility index (Phi) is 11.3. The predicted molar refractivity (Wildman–Crippen MR) is 267 cm³/mol. The maximum Gasteiger partial charge on any atom is 0.0462 e. The fourth-order valence-corrected chi connectivity index (χ4v) is 8.48. The number of rotatable bonds is 12. The molecular weight excluding hydrogens is 763 g/mol. The zero-order valence-electron chi connectivity index (χ0n) is 35.1. The highest BCUT2D eigenvalue weighted by Gasteiger charge is 2.17. The lowest BCUT2D eigenvalue weighted by Gasteiger charge is -2.28. The molecule has 3 heteroatoms.